The minimum Gasteiger partial charge on any atom is -0.497 e. The number of hydrogen-bond acceptors (Lipinski definition) is 2. The van der Waals surface area contributed by atoms with E-state index in [1.807, 2.05) is 60.7 Å². The highest BCUT2D eigenvalue weighted by atomic mass is 16.5. The molecule has 0 amide bonds. The third-order valence-electron chi connectivity index (χ3n) is 4.15. The van der Waals surface area contributed by atoms with Gasteiger partial charge >= 0.3 is 0 Å². The number of benzene rings is 3. The zero-order chi connectivity index (χ0) is 15.1. The minimum absolute atomic E-state index is 0.112. The number of fused-ring (bicyclic) bond motifs is 3. The van der Waals surface area contributed by atoms with Gasteiger partial charge in [0.25, 0.3) is 0 Å². The third kappa shape index (κ3) is 1.85. The van der Waals surface area contributed by atoms with Gasteiger partial charge in [0.05, 0.1) is 7.11 Å². The number of methoxy groups -OCH3 is 1. The second kappa shape index (κ2) is 4.85. The third-order valence-corrected chi connectivity index (χ3v) is 4.15. The zero-order valence-electron chi connectivity index (χ0n) is 12.2. The van der Waals surface area contributed by atoms with Crippen LogP contribution >= 0.6 is 0 Å². The molecule has 0 saturated heterocycles. The summed E-state index contributed by atoms with van der Waals surface area (Å²) in [5.41, 5.74) is 5.76. The van der Waals surface area contributed by atoms with Gasteiger partial charge in [0, 0.05) is 11.1 Å². The van der Waals surface area contributed by atoms with Gasteiger partial charge < -0.3 is 4.74 Å². The smallest absolute Gasteiger partial charge is 0.194 e. The molecule has 0 aliphatic heterocycles. The molecule has 22 heavy (non-hydrogen) atoms. The van der Waals surface area contributed by atoms with E-state index in [1.165, 1.54) is 0 Å². The Morgan fingerprint density at radius 2 is 1.32 bits per heavy atom. The molecule has 2 nitrogen and oxygen atoms in total. The molecule has 1 aliphatic rings. The highest BCUT2D eigenvalue weighted by Gasteiger charge is 2.26. The summed E-state index contributed by atoms with van der Waals surface area (Å²) < 4.78 is 5.18. The largest absolute Gasteiger partial charge is 0.497 e. The predicted octanol–water partition coefficient (Wildman–Crippen LogP) is 4.57. The molecule has 0 unspecified atom stereocenters. The molecule has 0 saturated carbocycles. The standard InChI is InChI=1S/C20H14O2/c1-22-15-9-6-13(7-10-15)14-8-11-17-16-4-2-3-5-18(16)20(21)19(17)12-14/h2-12H,1H3. The first kappa shape index (κ1) is 12.8. The second-order valence-corrected chi connectivity index (χ2v) is 5.36. The number of rotatable bonds is 2. The molecule has 0 N–H and O–H groups in total. The molecule has 0 fully saturated rings. The second-order valence-electron chi connectivity index (χ2n) is 5.36. The van der Waals surface area contributed by atoms with Crippen molar-refractivity contribution >= 4 is 5.78 Å². The molecule has 0 atom stereocenters. The molecule has 0 heterocycles. The Morgan fingerprint density at radius 3 is 2.05 bits per heavy atom. The molecule has 2 heteroatoms. The van der Waals surface area contributed by atoms with Crippen LogP contribution in [0.15, 0.2) is 66.7 Å². The molecular weight excluding hydrogens is 272 g/mol. The molecule has 3 aromatic rings. The van der Waals surface area contributed by atoms with Crippen LogP contribution in [-0.2, 0) is 0 Å². The maximum absolute atomic E-state index is 12.6. The summed E-state index contributed by atoms with van der Waals surface area (Å²) in [5.74, 6) is 0.939. The summed E-state index contributed by atoms with van der Waals surface area (Å²) in [6.45, 7) is 0. The lowest BCUT2D eigenvalue weighted by molar-refractivity contribution is 0.104. The van der Waals surface area contributed by atoms with Crippen LogP contribution in [0.4, 0.5) is 0 Å². The first-order valence-electron chi connectivity index (χ1n) is 7.20. The van der Waals surface area contributed by atoms with Crippen molar-refractivity contribution in [2.45, 2.75) is 0 Å². The highest BCUT2D eigenvalue weighted by Crippen LogP contribution is 2.38. The van der Waals surface area contributed by atoms with Crippen LogP contribution in [0.2, 0.25) is 0 Å². The Morgan fingerprint density at radius 1 is 0.682 bits per heavy atom. The first-order valence-corrected chi connectivity index (χ1v) is 7.20. The van der Waals surface area contributed by atoms with Crippen molar-refractivity contribution in [3.8, 4) is 28.0 Å². The van der Waals surface area contributed by atoms with Crippen molar-refractivity contribution in [3.05, 3.63) is 77.9 Å². The number of carbonyl (C=O) groups is 1. The van der Waals surface area contributed by atoms with Gasteiger partial charge in [-0.3, -0.25) is 4.79 Å². The van der Waals surface area contributed by atoms with Crippen LogP contribution in [0.3, 0.4) is 0 Å². The van der Waals surface area contributed by atoms with E-state index in [4.69, 9.17) is 4.74 Å². The Labute approximate surface area is 129 Å². The Balaban J connectivity index is 1.82. The number of ketones is 1. The fraction of sp³-hybridized carbons (Fsp3) is 0.0500. The molecule has 3 aromatic carbocycles. The first-order chi connectivity index (χ1) is 10.8. The SMILES string of the molecule is COc1ccc(-c2ccc3c(c2)C(=O)c2ccccc2-3)cc1. The fourth-order valence-electron chi connectivity index (χ4n) is 2.99. The summed E-state index contributed by atoms with van der Waals surface area (Å²) in [5, 5.41) is 0. The van der Waals surface area contributed by atoms with Gasteiger partial charge in [0.15, 0.2) is 5.78 Å². The number of hydrogen-bond donors (Lipinski definition) is 0. The molecule has 4 rings (SSSR count). The van der Waals surface area contributed by atoms with Gasteiger partial charge in [-0.1, -0.05) is 48.5 Å². The van der Waals surface area contributed by atoms with Gasteiger partial charge in [-0.05, 0) is 40.5 Å². The minimum atomic E-state index is 0.112. The molecule has 0 aromatic heterocycles. The van der Waals surface area contributed by atoms with Gasteiger partial charge in [0.1, 0.15) is 5.75 Å². The maximum atomic E-state index is 12.6. The summed E-state index contributed by atoms with van der Waals surface area (Å²) in [6.07, 6.45) is 0. The lowest BCUT2D eigenvalue weighted by atomic mass is 9.99. The average Bonchev–Trinajstić information content (AvgIpc) is 2.88. The highest BCUT2D eigenvalue weighted by molar-refractivity contribution is 6.22. The maximum Gasteiger partial charge on any atom is 0.194 e. The van der Waals surface area contributed by atoms with Gasteiger partial charge in [0.2, 0.25) is 0 Å². The van der Waals surface area contributed by atoms with Crippen LogP contribution < -0.4 is 4.74 Å². The molecule has 1 aliphatic carbocycles. The number of ether oxygens (including phenoxy) is 1. The quantitative estimate of drug-likeness (QED) is 0.539. The van der Waals surface area contributed by atoms with Crippen LogP contribution in [0, 0.1) is 0 Å². The van der Waals surface area contributed by atoms with E-state index >= 15 is 0 Å². The summed E-state index contributed by atoms with van der Waals surface area (Å²) >= 11 is 0. The lowest BCUT2D eigenvalue weighted by Crippen LogP contribution is -1.95. The van der Waals surface area contributed by atoms with E-state index in [2.05, 4.69) is 6.07 Å². The van der Waals surface area contributed by atoms with Gasteiger partial charge in [-0.2, -0.15) is 0 Å². The fourth-order valence-corrected chi connectivity index (χ4v) is 2.99. The van der Waals surface area contributed by atoms with Crippen molar-refractivity contribution < 1.29 is 9.53 Å². The van der Waals surface area contributed by atoms with Crippen molar-refractivity contribution in [3.63, 3.8) is 0 Å². The summed E-state index contributed by atoms with van der Waals surface area (Å²) in [6, 6.07) is 21.7. The van der Waals surface area contributed by atoms with Gasteiger partial charge in [-0.25, -0.2) is 0 Å². The van der Waals surface area contributed by atoms with Crippen LogP contribution in [0.25, 0.3) is 22.3 Å². The zero-order valence-corrected chi connectivity index (χ0v) is 12.2. The predicted molar refractivity (Wildman–Crippen MR) is 87.3 cm³/mol. The van der Waals surface area contributed by atoms with E-state index in [-0.39, 0.29) is 5.78 Å². The Hall–Kier alpha value is -2.87. The molecule has 106 valence electrons. The van der Waals surface area contributed by atoms with E-state index in [1.54, 1.807) is 7.11 Å². The van der Waals surface area contributed by atoms with E-state index in [0.717, 1.165) is 39.1 Å². The summed E-state index contributed by atoms with van der Waals surface area (Å²) in [4.78, 5) is 12.6. The van der Waals surface area contributed by atoms with Crippen LogP contribution in [-0.4, -0.2) is 12.9 Å². The summed E-state index contributed by atoms with van der Waals surface area (Å²) in [7, 11) is 1.65. The van der Waals surface area contributed by atoms with Gasteiger partial charge in [-0.15, -0.1) is 0 Å². The Bertz CT molecular complexity index is 876. The Kier molecular flexibility index (Phi) is 2.83. The number of carbonyl (C=O) groups excluding carboxylic acids is 1. The van der Waals surface area contributed by atoms with Crippen molar-refractivity contribution in [1.82, 2.24) is 0 Å². The monoisotopic (exact) mass is 286 g/mol. The topological polar surface area (TPSA) is 26.3 Å². The molecule has 0 spiro atoms. The van der Waals surface area contributed by atoms with Crippen molar-refractivity contribution in [2.75, 3.05) is 7.11 Å². The normalized spacial score (nSPS) is 12.0. The van der Waals surface area contributed by atoms with E-state index in [9.17, 15) is 4.79 Å². The van der Waals surface area contributed by atoms with Crippen LogP contribution in [0.1, 0.15) is 15.9 Å². The molecular formula is C20H14O2. The van der Waals surface area contributed by atoms with Crippen LogP contribution in [0.5, 0.6) is 5.75 Å². The van der Waals surface area contributed by atoms with E-state index in [0.29, 0.717) is 0 Å². The lowest BCUT2D eigenvalue weighted by Gasteiger charge is -2.06. The molecule has 0 radical (unpaired) electrons. The van der Waals surface area contributed by atoms with E-state index < -0.39 is 0 Å². The van der Waals surface area contributed by atoms with Crippen molar-refractivity contribution in [2.24, 2.45) is 0 Å². The molecule has 0 bridgehead atoms. The average molecular weight is 286 g/mol. The van der Waals surface area contributed by atoms with Crippen molar-refractivity contribution in [1.29, 1.82) is 0 Å².